The number of hydrogen-bond acceptors (Lipinski definition) is 2. The van der Waals surface area contributed by atoms with E-state index in [0.717, 1.165) is 11.8 Å². The third-order valence-electron chi connectivity index (χ3n) is 3.43. The summed E-state index contributed by atoms with van der Waals surface area (Å²) in [4.78, 5) is 0. The average molecular weight is 198 g/mol. The Labute approximate surface area is 88.8 Å². The number of hydrogen-bond donors (Lipinski definition) is 2. The maximum Gasteiger partial charge on any atom is -0.00462 e. The molecule has 0 aromatic heterocycles. The fourth-order valence-electron chi connectivity index (χ4n) is 2.63. The third kappa shape index (κ3) is 3.58. The first kappa shape index (κ1) is 12.0. The first-order valence-corrected chi connectivity index (χ1v) is 6.38. The smallest absolute Gasteiger partial charge is 0.00462 e. The van der Waals surface area contributed by atoms with Crippen molar-refractivity contribution >= 4 is 0 Å². The van der Waals surface area contributed by atoms with Crippen LogP contribution in [0.15, 0.2) is 0 Å². The Hall–Kier alpha value is -0.0800. The molecule has 0 saturated carbocycles. The van der Waals surface area contributed by atoms with Crippen molar-refractivity contribution in [2.75, 3.05) is 26.2 Å². The fraction of sp³-hybridized carbons (Fsp3) is 1.00. The summed E-state index contributed by atoms with van der Waals surface area (Å²) in [5.41, 5.74) is 0. The molecule has 2 rings (SSSR count). The highest BCUT2D eigenvalue weighted by Gasteiger charge is 2.24. The molecule has 0 amide bonds. The van der Waals surface area contributed by atoms with Crippen molar-refractivity contribution in [3.8, 4) is 0 Å². The van der Waals surface area contributed by atoms with Crippen molar-refractivity contribution in [3.63, 3.8) is 0 Å². The van der Waals surface area contributed by atoms with Crippen molar-refractivity contribution < 1.29 is 0 Å². The Morgan fingerprint density at radius 2 is 0.929 bits per heavy atom. The molecule has 0 spiro atoms. The van der Waals surface area contributed by atoms with Gasteiger partial charge < -0.3 is 10.6 Å². The van der Waals surface area contributed by atoms with Crippen LogP contribution < -0.4 is 10.6 Å². The predicted octanol–water partition coefficient (Wildman–Crippen LogP) is 2.01. The molecule has 14 heavy (non-hydrogen) atoms. The van der Waals surface area contributed by atoms with Crippen LogP contribution in [0.1, 0.15) is 39.5 Å². The Balaban J connectivity index is 0.000000461. The minimum Gasteiger partial charge on any atom is -0.317 e. The van der Waals surface area contributed by atoms with E-state index in [1.54, 1.807) is 0 Å². The second-order valence-electron chi connectivity index (χ2n) is 4.17. The molecule has 2 heterocycles. The zero-order chi connectivity index (χ0) is 10.2. The molecule has 2 aliphatic heterocycles. The molecular weight excluding hydrogens is 172 g/mol. The van der Waals surface area contributed by atoms with Gasteiger partial charge in [0.25, 0.3) is 0 Å². The highest BCUT2D eigenvalue weighted by molar-refractivity contribution is 4.79. The summed E-state index contributed by atoms with van der Waals surface area (Å²) in [6.07, 6.45) is 5.69. The van der Waals surface area contributed by atoms with Crippen molar-refractivity contribution in [3.05, 3.63) is 0 Å². The molecule has 2 heteroatoms. The van der Waals surface area contributed by atoms with Crippen LogP contribution in [0.2, 0.25) is 0 Å². The topological polar surface area (TPSA) is 24.1 Å². The molecule has 2 nitrogen and oxygen atoms in total. The molecule has 2 saturated heterocycles. The summed E-state index contributed by atoms with van der Waals surface area (Å²) in [6.45, 7) is 9.03. The average Bonchev–Trinajstić information content (AvgIpc) is 2.34. The third-order valence-corrected chi connectivity index (χ3v) is 3.43. The molecule has 2 N–H and O–H groups in total. The quantitative estimate of drug-likeness (QED) is 0.673. The first-order chi connectivity index (χ1) is 6.97. The van der Waals surface area contributed by atoms with Crippen LogP contribution in [-0.2, 0) is 0 Å². The Kier molecular flexibility index (Phi) is 6.20. The lowest BCUT2D eigenvalue weighted by Crippen LogP contribution is -2.37. The van der Waals surface area contributed by atoms with Gasteiger partial charge >= 0.3 is 0 Å². The van der Waals surface area contributed by atoms with Crippen LogP contribution in [0.3, 0.4) is 0 Å². The molecule has 0 radical (unpaired) electrons. The summed E-state index contributed by atoms with van der Waals surface area (Å²) >= 11 is 0. The van der Waals surface area contributed by atoms with Gasteiger partial charge in [0.1, 0.15) is 0 Å². The van der Waals surface area contributed by atoms with Gasteiger partial charge in [0.05, 0.1) is 0 Å². The van der Waals surface area contributed by atoms with E-state index >= 15 is 0 Å². The molecular formula is C12H26N2. The Morgan fingerprint density at radius 3 is 1.21 bits per heavy atom. The molecule has 2 aliphatic rings. The Morgan fingerprint density at radius 1 is 0.643 bits per heavy atom. The van der Waals surface area contributed by atoms with Gasteiger partial charge in [0, 0.05) is 0 Å². The molecule has 0 unspecified atom stereocenters. The maximum atomic E-state index is 3.44. The van der Waals surface area contributed by atoms with Crippen LogP contribution in [0, 0.1) is 11.8 Å². The van der Waals surface area contributed by atoms with Crippen LogP contribution in [0.4, 0.5) is 0 Å². The summed E-state index contributed by atoms with van der Waals surface area (Å²) in [5, 5.41) is 6.88. The minimum absolute atomic E-state index is 1.04. The molecule has 0 bridgehead atoms. The highest BCUT2D eigenvalue weighted by Crippen LogP contribution is 2.28. The van der Waals surface area contributed by atoms with Crippen LogP contribution in [-0.4, -0.2) is 26.2 Å². The van der Waals surface area contributed by atoms with Gasteiger partial charge in [-0.3, -0.25) is 0 Å². The first-order valence-electron chi connectivity index (χ1n) is 6.38. The van der Waals surface area contributed by atoms with E-state index in [-0.39, 0.29) is 0 Å². The number of rotatable bonds is 1. The lowest BCUT2D eigenvalue weighted by atomic mass is 9.80. The Bertz CT molecular complexity index is 108. The second-order valence-corrected chi connectivity index (χ2v) is 4.17. The van der Waals surface area contributed by atoms with E-state index in [9.17, 15) is 0 Å². The molecule has 2 fully saturated rings. The van der Waals surface area contributed by atoms with Gasteiger partial charge in [-0.1, -0.05) is 13.8 Å². The van der Waals surface area contributed by atoms with Crippen molar-refractivity contribution in [2.45, 2.75) is 39.5 Å². The van der Waals surface area contributed by atoms with Crippen LogP contribution >= 0.6 is 0 Å². The highest BCUT2D eigenvalue weighted by atomic mass is 14.9. The molecule has 84 valence electrons. The van der Waals surface area contributed by atoms with E-state index in [0.29, 0.717) is 0 Å². The van der Waals surface area contributed by atoms with Gasteiger partial charge in [-0.2, -0.15) is 0 Å². The van der Waals surface area contributed by atoms with Crippen molar-refractivity contribution in [1.82, 2.24) is 10.6 Å². The predicted molar refractivity (Wildman–Crippen MR) is 62.5 cm³/mol. The summed E-state index contributed by atoms with van der Waals surface area (Å²) < 4.78 is 0. The molecule has 0 aliphatic carbocycles. The molecule has 0 aromatic rings. The van der Waals surface area contributed by atoms with Crippen LogP contribution in [0.5, 0.6) is 0 Å². The molecule has 0 aromatic carbocycles. The van der Waals surface area contributed by atoms with Crippen LogP contribution in [0.25, 0.3) is 0 Å². The van der Waals surface area contributed by atoms with Gasteiger partial charge in [-0.15, -0.1) is 0 Å². The van der Waals surface area contributed by atoms with Gasteiger partial charge in [0.2, 0.25) is 0 Å². The van der Waals surface area contributed by atoms with Crippen molar-refractivity contribution in [1.29, 1.82) is 0 Å². The number of piperidine rings is 2. The normalized spacial score (nSPS) is 25.3. The van der Waals surface area contributed by atoms with Gasteiger partial charge in [-0.05, 0) is 63.7 Å². The minimum atomic E-state index is 1.04. The number of nitrogens with one attached hydrogen (secondary N) is 2. The summed E-state index contributed by atoms with van der Waals surface area (Å²) in [6, 6.07) is 0. The summed E-state index contributed by atoms with van der Waals surface area (Å²) in [7, 11) is 0. The van der Waals surface area contributed by atoms with Crippen molar-refractivity contribution in [2.24, 2.45) is 11.8 Å². The summed E-state index contributed by atoms with van der Waals surface area (Å²) in [5.74, 6) is 2.07. The van der Waals surface area contributed by atoms with Gasteiger partial charge in [-0.25, -0.2) is 0 Å². The lowest BCUT2D eigenvalue weighted by molar-refractivity contribution is 0.212. The largest absolute Gasteiger partial charge is 0.317 e. The van der Waals surface area contributed by atoms with E-state index in [2.05, 4.69) is 10.6 Å². The second kappa shape index (κ2) is 7.24. The monoisotopic (exact) mass is 198 g/mol. The molecule has 0 atom stereocenters. The fourth-order valence-corrected chi connectivity index (χ4v) is 2.63. The zero-order valence-electron chi connectivity index (χ0n) is 9.81. The zero-order valence-corrected chi connectivity index (χ0v) is 9.81. The lowest BCUT2D eigenvalue weighted by Gasteiger charge is -2.33. The van der Waals surface area contributed by atoms with E-state index < -0.39 is 0 Å². The standard InChI is InChI=1S/C10H20N2.C2H6/c1-5-11-6-2-9(1)10-3-7-12-8-4-10;1-2/h9-12H,1-8H2;1-2H3. The SMILES string of the molecule is C1CC(C2CCNCC2)CCN1.CC. The van der Waals surface area contributed by atoms with E-state index in [1.807, 2.05) is 13.8 Å². The maximum absolute atomic E-state index is 3.44. The van der Waals surface area contributed by atoms with Gasteiger partial charge in [0.15, 0.2) is 0 Å². The van der Waals surface area contributed by atoms with E-state index in [1.165, 1.54) is 51.9 Å². The van der Waals surface area contributed by atoms with E-state index in [4.69, 9.17) is 0 Å².